The number of rotatable bonds is 6. The van der Waals surface area contributed by atoms with Crippen molar-refractivity contribution in [2.24, 2.45) is 23.7 Å². The molecule has 208 valence electrons. The van der Waals surface area contributed by atoms with Gasteiger partial charge < -0.3 is 15.0 Å². The summed E-state index contributed by atoms with van der Waals surface area (Å²) in [5.74, 6) is 3.34. The van der Waals surface area contributed by atoms with E-state index in [4.69, 9.17) is 16.3 Å². The molecule has 3 amide bonds. The van der Waals surface area contributed by atoms with Crippen molar-refractivity contribution < 1.29 is 22.7 Å². The van der Waals surface area contributed by atoms with E-state index in [9.17, 15) is 18.0 Å². The Kier molecular flexibility index (Phi) is 6.38. The highest BCUT2D eigenvalue weighted by Gasteiger charge is 2.51. The van der Waals surface area contributed by atoms with Crippen molar-refractivity contribution in [2.45, 2.75) is 69.0 Å². The number of nitrogens with one attached hydrogen (secondary N) is 1. The Labute approximate surface area is 234 Å². The number of hydrogen-bond donors (Lipinski definition) is 1. The molecule has 4 aliphatic carbocycles. The molecule has 0 radical (unpaired) electrons. The van der Waals surface area contributed by atoms with Crippen LogP contribution in [0.4, 0.5) is 10.5 Å². The van der Waals surface area contributed by atoms with Gasteiger partial charge in [-0.3, -0.25) is 4.79 Å². The van der Waals surface area contributed by atoms with Crippen molar-refractivity contribution in [1.82, 2.24) is 9.21 Å². The first kappa shape index (κ1) is 26.4. The lowest BCUT2D eigenvalue weighted by molar-refractivity contribution is -0.155. The summed E-state index contributed by atoms with van der Waals surface area (Å²) in [6.07, 6.45) is 6.32. The molecule has 39 heavy (non-hydrogen) atoms. The lowest BCUT2D eigenvalue weighted by Crippen LogP contribution is -2.60. The van der Waals surface area contributed by atoms with Crippen LogP contribution in [0.3, 0.4) is 0 Å². The van der Waals surface area contributed by atoms with Crippen LogP contribution < -0.4 is 10.1 Å². The minimum atomic E-state index is -4.08. The van der Waals surface area contributed by atoms with E-state index in [0.29, 0.717) is 23.1 Å². The summed E-state index contributed by atoms with van der Waals surface area (Å²) in [6.45, 7) is 3.43. The number of ether oxygens (including phenoxy) is 1. The molecule has 0 aromatic heterocycles. The van der Waals surface area contributed by atoms with Gasteiger partial charge in [-0.2, -0.15) is 0 Å². The molecule has 0 saturated heterocycles. The monoisotopic (exact) mass is 571 g/mol. The Bertz CT molecular complexity index is 1400. The predicted molar refractivity (Wildman–Crippen MR) is 148 cm³/mol. The third-order valence-electron chi connectivity index (χ3n) is 9.06. The smallest absolute Gasteiger partial charge is 0.336 e. The van der Waals surface area contributed by atoms with Crippen molar-refractivity contribution in [3.8, 4) is 5.75 Å². The maximum atomic E-state index is 13.6. The summed E-state index contributed by atoms with van der Waals surface area (Å²) in [4.78, 5) is 28.1. The fraction of sp³-hybridized carbons (Fsp3) is 0.517. The van der Waals surface area contributed by atoms with Gasteiger partial charge >= 0.3 is 6.03 Å². The van der Waals surface area contributed by atoms with Crippen LogP contribution in [0.5, 0.6) is 5.75 Å². The quantitative estimate of drug-likeness (QED) is 0.493. The maximum Gasteiger partial charge on any atom is 0.336 e. The molecule has 0 spiro atoms. The van der Waals surface area contributed by atoms with Crippen LogP contribution >= 0.6 is 11.6 Å². The van der Waals surface area contributed by atoms with Crippen molar-refractivity contribution in [3.05, 3.63) is 53.1 Å². The molecule has 8 nitrogen and oxygen atoms in total. The lowest BCUT2D eigenvalue weighted by atomic mass is 9.54. The largest absolute Gasteiger partial charge is 0.478 e. The molecule has 0 atom stereocenters. The Balaban J connectivity index is 1.13. The Morgan fingerprint density at radius 1 is 1.05 bits per heavy atom. The van der Waals surface area contributed by atoms with Gasteiger partial charge in [-0.05, 0) is 106 Å². The summed E-state index contributed by atoms with van der Waals surface area (Å²) >= 11 is 6.00. The molecule has 7 rings (SSSR count). The second-order valence-corrected chi connectivity index (χ2v) is 14.4. The summed E-state index contributed by atoms with van der Waals surface area (Å²) in [5, 5.41) is 2.87. The number of amides is 3. The van der Waals surface area contributed by atoms with Crippen molar-refractivity contribution >= 4 is 39.2 Å². The standard InChI is InChI=1S/C29H34ClN3O5S/c1-29(2,27(34)32(3)26-20-11-18-10-19(13-20)14-21(26)12-18)38-23-7-4-17(5-8-23)16-33-28(35)31-24-9-6-22(30)15-25(24)39(33,36)37/h4-9,15,18-21,26H,10-14,16H2,1-3H3,(H,31,35). The van der Waals surface area contributed by atoms with E-state index < -0.39 is 21.7 Å². The molecule has 1 heterocycles. The van der Waals surface area contributed by atoms with Gasteiger partial charge in [-0.1, -0.05) is 23.7 Å². The zero-order chi connectivity index (χ0) is 27.7. The summed E-state index contributed by atoms with van der Waals surface area (Å²) in [6, 6.07) is 10.7. The minimum absolute atomic E-state index is 0.0301. The molecule has 4 fully saturated rings. The third-order valence-corrected chi connectivity index (χ3v) is 11.1. The molecular weight excluding hydrogens is 538 g/mol. The topological polar surface area (TPSA) is 96.0 Å². The van der Waals surface area contributed by atoms with Gasteiger partial charge in [0.1, 0.15) is 10.6 Å². The molecule has 10 heteroatoms. The second kappa shape index (κ2) is 9.41. The number of urea groups is 1. The highest BCUT2D eigenvalue weighted by Crippen LogP contribution is 2.55. The number of likely N-dealkylation sites (N-methyl/N-ethyl adjacent to an activating group) is 1. The Hall–Kier alpha value is -2.78. The number of carbonyl (C=O) groups is 2. The number of benzene rings is 2. The van der Waals surface area contributed by atoms with Gasteiger partial charge in [-0.25, -0.2) is 17.5 Å². The summed E-state index contributed by atoms with van der Waals surface area (Å²) in [5.41, 5.74) is -0.263. The van der Waals surface area contributed by atoms with Crippen LogP contribution in [0.15, 0.2) is 47.4 Å². The van der Waals surface area contributed by atoms with Crippen LogP contribution in [-0.2, 0) is 21.4 Å². The number of hydrogen-bond acceptors (Lipinski definition) is 5. The third kappa shape index (κ3) is 4.67. The fourth-order valence-corrected chi connectivity index (χ4v) is 9.36. The highest BCUT2D eigenvalue weighted by molar-refractivity contribution is 7.90. The van der Waals surface area contributed by atoms with E-state index in [-0.39, 0.29) is 34.1 Å². The van der Waals surface area contributed by atoms with Gasteiger partial charge in [0.15, 0.2) is 5.60 Å². The number of carbonyl (C=O) groups excluding carboxylic acids is 2. The van der Waals surface area contributed by atoms with Crippen LogP contribution in [0, 0.1) is 23.7 Å². The average molecular weight is 572 g/mol. The first-order valence-corrected chi connectivity index (χ1v) is 15.4. The SMILES string of the molecule is CN(C(=O)C(C)(C)Oc1ccc(CN2C(=O)Nc3ccc(Cl)cc3S2(=O)=O)cc1)C1C2CC3CC(C2)CC1C3. The fourth-order valence-electron chi connectivity index (χ4n) is 7.63. The van der Waals surface area contributed by atoms with Crippen LogP contribution in [0.2, 0.25) is 5.02 Å². The van der Waals surface area contributed by atoms with Crippen molar-refractivity contribution in [2.75, 3.05) is 12.4 Å². The van der Waals surface area contributed by atoms with Gasteiger partial charge in [0.05, 0.1) is 12.2 Å². The van der Waals surface area contributed by atoms with Gasteiger partial charge in [0.2, 0.25) is 0 Å². The number of fused-ring (bicyclic) bond motifs is 1. The van der Waals surface area contributed by atoms with E-state index in [0.717, 1.165) is 16.1 Å². The van der Waals surface area contributed by atoms with Crippen LogP contribution in [-0.4, -0.2) is 48.3 Å². The Morgan fingerprint density at radius 2 is 1.67 bits per heavy atom. The van der Waals surface area contributed by atoms with E-state index in [1.807, 2.05) is 11.9 Å². The van der Waals surface area contributed by atoms with E-state index in [1.54, 1.807) is 38.1 Å². The van der Waals surface area contributed by atoms with Crippen LogP contribution in [0.1, 0.15) is 51.5 Å². The predicted octanol–water partition coefficient (Wildman–Crippen LogP) is 5.52. The zero-order valence-corrected chi connectivity index (χ0v) is 24.0. The van der Waals surface area contributed by atoms with Gasteiger partial charge in [0.25, 0.3) is 15.9 Å². The van der Waals surface area contributed by atoms with Gasteiger partial charge in [0, 0.05) is 18.1 Å². The minimum Gasteiger partial charge on any atom is -0.478 e. The number of halogens is 1. The van der Waals surface area contributed by atoms with Crippen LogP contribution in [0.25, 0.3) is 0 Å². The molecule has 2 aromatic carbocycles. The van der Waals surface area contributed by atoms with E-state index in [2.05, 4.69) is 5.32 Å². The molecule has 1 aliphatic heterocycles. The van der Waals surface area contributed by atoms with E-state index in [1.165, 1.54) is 50.3 Å². The molecule has 4 saturated carbocycles. The molecule has 5 aliphatic rings. The zero-order valence-electron chi connectivity index (χ0n) is 22.4. The lowest BCUT2D eigenvalue weighted by Gasteiger charge is -2.57. The number of anilines is 1. The molecule has 1 N–H and O–H groups in total. The normalized spacial score (nSPS) is 28.6. The van der Waals surface area contributed by atoms with Crippen molar-refractivity contribution in [3.63, 3.8) is 0 Å². The molecular formula is C29H34ClN3O5S. The first-order valence-electron chi connectivity index (χ1n) is 13.6. The summed E-state index contributed by atoms with van der Waals surface area (Å²) in [7, 11) is -2.15. The molecule has 2 aromatic rings. The highest BCUT2D eigenvalue weighted by atomic mass is 35.5. The second-order valence-electron chi connectivity index (χ2n) is 12.2. The van der Waals surface area contributed by atoms with Crippen molar-refractivity contribution in [1.29, 1.82) is 0 Å². The maximum absolute atomic E-state index is 13.6. The first-order chi connectivity index (χ1) is 18.4. The average Bonchev–Trinajstić information content (AvgIpc) is 2.87. The van der Waals surface area contributed by atoms with Gasteiger partial charge in [-0.15, -0.1) is 0 Å². The Morgan fingerprint density at radius 3 is 2.28 bits per heavy atom. The molecule has 0 unspecified atom stereocenters. The number of nitrogens with zero attached hydrogens (tertiary/aromatic N) is 2. The molecule has 4 bridgehead atoms. The summed E-state index contributed by atoms with van der Waals surface area (Å²) < 4.78 is 33.2. The van der Waals surface area contributed by atoms with E-state index >= 15 is 0 Å². The number of sulfonamides is 1.